The lowest BCUT2D eigenvalue weighted by Crippen LogP contribution is -1.91. The Kier molecular flexibility index (Phi) is 2.46. The van der Waals surface area contributed by atoms with E-state index >= 15 is 0 Å². The Labute approximate surface area is 65.8 Å². The molecule has 1 heterocycles. The zero-order valence-electron chi connectivity index (χ0n) is 6.87. The molecule has 4 nitrogen and oxygen atoms in total. The number of aryl methyl sites for hydroxylation is 1. The van der Waals surface area contributed by atoms with Crippen molar-refractivity contribution in [2.75, 3.05) is 5.73 Å². The van der Waals surface area contributed by atoms with Crippen molar-refractivity contribution in [2.24, 2.45) is 5.92 Å². The fourth-order valence-corrected chi connectivity index (χ4v) is 0.780. The minimum absolute atomic E-state index is 0.156. The standard InChI is InChI=1S/C7H13N3O/c1-5(2)3-4-6-9-10-7(8)11-6/h5H,3-4H2,1-2H3,(H2,8,10). The van der Waals surface area contributed by atoms with Gasteiger partial charge < -0.3 is 10.2 Å². The van der Waals surface area contributed by atoms with Crippen LogP contribution in [0.4, 0.5) is 6.01 Å². The summed E-state index contributed by atoms with van der Waals surface area (Å²) in [6.07, 6.45) is 1.88. The van der Waals surface area contributed by atoms with Crippen LogP contribution in [0.3, 0.4) is 0 Å². The van der Waals surface area contributed by atoms with Crippen LogP contribution in [0.1, 0.15) is 26.2 Å². The molecule has 0 amide bonds. The number of nitrogens with zero attached hydrogens (tertiary/aromatic N) is 2. The number of rotatable bonds is 3. The van der Waals surface area contributed by atoms with E-state index in [1.165, 1.54) is 0 Å². The van der Waals surface area contributed by atoms with E-state index in [1.54, 1.807) is 0 Å². The molecular weight excluding hydrogens is 142 g/mol. The lowest BCUT2D eigenvalue weighted by molar-refractivity contribution is 0.472. The van der Waals surface area contributed by atoms with Gasteiger partial charge in [-0.3, -0.25) is 0 Å². The van der Waals surface area contributed by atoms with Crippen molar-refractivity contribution in [3.8, 4) is 0 Å². The molecule has 0 bridgehead atoms. The van der Waals surface area contributed by atoms with Crippen molar-refractivity contribution in [2.45, 2.75) is 26.7 Å². The van der Waals surface area contributed by atoms with Gasteiger partial charge in [0.15, 0.2) is 0 Å². The first-order valence-corrected chi connectivity index (χ1v) is 3.76. The van der Waals surface area contributed by atoms with Gasteiger partial charge in [0.05, 0.1) is 0 Å². The van der Waals surface area contributed by atoms with Gasteiger partial charge in [0.25, 0.3) is 0 Å². The van der Waals surface area contributed by atoms with Crippen LogP contribution >= 0.6 is 0 Å². The lowest BCUT2D eigenvalue weighted by Gasteiger charge is -1.98. The van der Waals surface area contributed by atoms with Crippen molar-refractivity contribution >= 4 is 6.01 Å². The van der Waals surface area contributed by atoms with Crippen molar-refractivity contribution in [1.29, 1.82) is 0 Å². The quantitative estimate of drug-likeness (QED) is 0.713. The van der Waals surface area contributed by atoms with Crippen LogP contribution < -0.4 is 5.73 Å². The first-order chi connectivity index (χ1) is 5.18. The molecule has 4 heteroatoms. The molecule has 0 fully saturated rings. The fourth-order valence-electron chi connectivity index (χ4n) is 0.780. The number of nitrogen functional groups attached to an aromatic ring is 1. The first kappa shape index (κ1) is 8.04. The molecule has 0 aliphatic rings. The molecule has 0 spiro atoms. The average molecular weight is 155 g/mol. The summed E-state index contributed by atoms with van der Waals surface area (Å²) in [5.74, 6) is 1.29. The van der Waals surface area contributed by atoms with Gasteiger partial charge in [0, 0.05) is 6.42 Å². The van der Waals surface area contributed by atoms with Gasteiger partial charge in [-0.1, -0.05) is 18.9 Å². The van der Waals surface area contributed by atoms with E-state index in [0.717, 1.165) is 12.8 Å². The monoisotopic (exact) mass is 155 g/mol. The Morgan fingerprint density at radius 3 is 2.64 bits per heavy atom. The molecule has 0 unspecified atom stereocenters. The minimum atomic E-state index is 0.156. The summed E-state index contributed by atoms with van der Waals surface area (Å²) in [6.45, 7) is 4.31. The van der Waals surface area contributed by atoms with E-state index < -0.39 is 0 Å². The minimum Gasteiger partial charge on any atom is -0.408 e. The van der Waals surface area contributed by atoms with Crippen LogP contribution in [-0.4, -0.2) is 10.2 Å². The van der Waals surface area contributed by atoms with E-state index in [0.29, 0.717) is 11.8 Å². The van der Waals surface area contributed by atoms with Crippen molar-refractivity contribution in [3.63, 3.8) is 0 Å². The van der Waals surface area contributed by atoms with E-state index in [4.69, 9.17) is 10.2 Å². The Bertz CT molecular complexity index is 219. The molecule has 11 heavy (non-hydrogen) atoms. The summed E-state index contributed by atoms with van der Waals surface area (Å²) in [5, 5.41) is 7.30. The van der Waals surface area contributed by atoms with E-state index in [-0.39, 0.29) is 6.01 Å². The molecular formula is C7H13N3O. The summed E-state index contributed by atoms with van der Waals surface area (Å²) in [5.41, 5.74) is 5.24. The van der Waals surface area contributed by atoms with Gasteiger partial charge in [-0.15, -0.1) is 5.10 Å². The zero-order valence-corrected chi connectivity index (χ0v) is 6.87. The number of aromatic nitrogens is 2. The molecule has 0 atom stereocenters. The molecule has 0 aliphatic carbocycles. The van der Waals surface area contributed by atoms with E-state index in [2.05, 4.69) is 24.0 Å². The predicted octanol–water partition coefficient (Wildman–Crippen LogP) is 1.24. The maximum atomic E-state index is 5.24. The van der Waals surface area contributed by atoms with Crippen LogP contribution in [0, 0.1) is 5.92 Å². The number of nitrogens with two attached hydrogens (primary N) is 1. The highest BCUT2D eigenvalue weighted by molar-refractivity contribution is 5.04. The molecule has 2 N–H and O–H groups in total. The third-order valence-electron chi connectivity index (χ3n) is 1.42. The molecule has 1 aromatic rings. The molecule has 1 rings (SSSR count). The molecule has 1 aromatic heterocycles. The van der Waals surface area contributed by atoms with E-state index in [1.807, 2.05) is 0 Å². The van der Waals surface area contributed by atoms with Crippen LogP contribution in [0.25, 0.3) is 0 Å². The Balaban J connectivity index is 2.39. The van der Waals surface area contributed by atoms with Crippen molar-refractivity contribution in [3.05, 3.63) is 5.89 Å². The summed E-state index contributed by atoms with van der Waals surface area (Å²) < 4.78 is 4.99. The van der Waals surface area contributed by atoms with Gasteiger partial charge in [-0.2, -0.15) is 0 Å². The normalized spacial score (nSPS) is 10.8. The zero-order chi connectivity index (χ0) is 8.27. The molecule has 0 aromatic carbocycles. The second-order valence-corrected chi connectivity index (χ2v) is 2.97. The van der Waals surface area contributed by atoms with Gasteiger partial charge >= 0.3 is 6.01 Å². The Morgan fingerprint density at radius 2 is 2.18 bits per heavy atom. The van der Waals surface area contributed by atoms with Gasteiger partial charge in [-0.25, -0.2) is 0 Å². The smallest absolute Gasteiger partial charge is 0.312 e. The fraction of sp³-hybridized carbons (Fsp3) is 0.714. The maximum Gasteiger partial charge on any atom is 0.312 e. The highest BCUT2D eigenvalue weighted by Crippen LogP contribution is 2.08. The molecule has 0 aliphatic heterocycles. The molecule has 0 saturated heterocycles. The van der Waals surface area contributed by atoms with Crippen molar-refractivity contribution in [1.82, 2.24) is 10.2 Å². The SMILES string of the molecule is CC(C)CCc1nnc(N)o1. The third kappa shape index (κ3) is 2.57. The summed E-state index contributed by atoms with van der Waals surface area (Å²) in [6, 6.07) is 0.156. The van der Waals surface area contributed by atoms with Gasteiger partial charge in [0.2, 0.25) is 5.89 Å². The maximum absolute atomic E-state index is 5.24. The predicted molar refractivity (Wildman–Crippen MR) is 41.9 cm³/mol. The summed E-state index contributed by atoms with van der Waals surface area (Å²) in [7, 11) is 0. The second kappa shape index (κ2) is 3.37. The second-order valence-electron chi connectivity index (χ2n) is 2.97. The van der Waals surface area contributed by atoms with Crippen LogP contribution in [0.2, 0.25) is 0 Å². The highest BCUT2D eigenvalue weighted by Gasteiger charge is 2.03. The largest absolute Gasteiger partial charge is 0.408 e. The molecule has 0 saturated carbocycles. The Hall–Kier alpha value is -1.06. The number of hydrogen-bond donors (Lipinski definition) is 1. The lowest BCUT2D eigenvalue weighted by atomic mass is 10.1. The number of anilines is 1. The highest BCUT2D eigenvalue weighted by atomic mass is 16.4. The first-order valence-electron chi connectivity index (χ1n) is 3.76. The summed E-state index contributed by atoms with van der Waals surface area (Å²) in [4.78, 5) is 0. The molecule has 0 radical (unpaired) electrons. The van der Waals surface area contributed by atoms with E-state index in [9.17, 15) is 0 Å². The number of hydrogen-bond acceptors (Lipinski definition) is 4. The third-order valence-corrected chi connectivity index (χ3v) is 1.42. The van der Waals surface area contributed by atoms with Gasteiger partial charge in [-0.05, 0) is 12.3 Å². The van der Waals surface area contributed by atoms with Crippen molar-refractivity contribution < 1.29 is 4.42 Å². The topological polar surface area (TPSA) is 64.9 Å². The van der Waals surface area contributed by atoms with Crippen LogP contribution in [0.15, 0.2) is 4.42 Å². The van der Waals surface area contributed by atoms with Crippen LogP contribution in [0.5, 0.6) is 0 Å². The van der Waals surface area contributed by atoms with Gasteiger partial charge in [0.1, 0.15) is 0 Å². The Morgan fingerprint density at radius 1 is 1.45 bits per heavy atom. The molecule has 62 valence electrons. The van der Waals surface area contributed by atoms with Crippen LogP contribution in [-0.2, 0) is 6.42 Å². The summed E-state index contributed by atoms with van der Waals surface area (Å²) >= 11 is 0. The average Bonchev–Trinajstić information content (AvgIpc) is 2.31.